The maximum absolute atomic E-state index is 6.31. The molecule has 0 aliphatic carbocycles. The van der Waals surface area contributed by atoms with E-state index in [-0.39, 0.29) is 12.3 Å². The molecule has 5 nitrogen and oxygen atoms in total. The molecule has 2 aromatic rings. The molecule has 0 radical (unpaired) electrons. The van der Waals surface area contributed by atoms with E-state index < -0.39 is 0 Å². The zero-order chi connectivity index (χ0) is 21.0. The summed E-state index contributed by atoms with van der Waals surface area (Å²) in [7, 11) is 0. The summed E-state index contributed by atoms with van der Waals surface area (Å²) in [5.74, 6) is 0.893. The molecule has 0 N–H and O–H groups in total. The molecule has 3 aliphatic heterocycles. The van der Waals surface area contributed by atoms with E-state index in [1.165, 1.54) is 35.2 Å². The van der Waals surface area contributed by atoms with Gasteiger partial charge >= 0.3 is 0 Å². The topological polar surface area (TPSA) is 43.8 Å². The third kappa shape index (κ3) is 4.53. The van der Waals surface area contributed by atoms with Crippen LogP contribution in [-0.2, 0) is 22.5 Å². The minimum Gasteiger partial charge on any atom is -0.487 e. The number of hydrogen-bond acceptors (Lipinski definition) is 5. The Bertz CT molecular complexity index is 964. The second-order valence-electron chi connectivity index (χ2n) is 8.48. The summed E-state index contributed by atoms with van der Waals surface area (Å²) in [6.45, 7) is 5.12. The number of nitrogens with zero attached hydrogens (tertiary/aromatic N) is 2. The Kier molecular flexibility index (Phi) is 6.05. The first-order valence-electron chi connectivity index (χ1n) is 11.3. The van der Waals surface area contributed by atoms with Crippen LogP contribution >= 0.6 is 0 Å². The van der Waals surface area contributed by atoms with E-state index >= 15 is 0 Å². The highest BCUT2D eigenvalue weighted by Crippen LogP contribution is 2.37. The first kappa shape index (κ1) is 20.3. The van der Waals surface area contributed by atoms with Crippen molar-refractivity contribution in [1.82, 2.24) is 9.88 Å². The van der Waals surface area contributed by atoms with Gasteiger partial charge in [-0.05, 0) is 80.2 Å². The molecule has 5 heteroatoms. The van der Waals surface area contributed by atoms with Crippen molar-refractivity contribution in [3.8, 4) is 5.75 Å². The third-order valence-electron chi connectivity index (χ3n) is 6.27. The van der Waals surface area contributed by atoms with Crippen molar-refractivity contribution in [1.29, 1.82) is 0 Å². The molecule has 0 amide bonds. The van der Waals surface area contributed by atoms with Gasteiger partial charge in [-0.25, -0.2) is 0 Å². The molecule has 1 aromatic heterocycles. The number of benzene rings is 1. The van der Waals surface area contributed by atoms with Crippen molar-refractivity contribution in [2.45, 2.75) is 51.5 Å². The van der Waals surface area contributed by atoms with Crippen molar-refractivity contribution in [2.24, 2.45) is 0 Å². The second-order valence-corrected chi connectivity index (χ2v) is 8.48. The van der Waals surface area contributed by atoms with Crippen LogP contribution in [0.15, 0.2) is 60.3 Å². The highest BCUT2D eigenvalue weighted by molar-refractivity contribution is 5.75. The van der Waals surface area contributed by atoms with E-state index in [0.29, 0.717) is 13.2 Å². The van der Waals surface area contributed by atoms with Crippen LogP contribution in [0.3, 0.4) is 0 Å². The third-order valence-corrected chi connectivity index (χ3v) is 6.27. The average molecular weight is 419 g/mol. The predicted molar refractivity (Wildman–Crippen MR) is 120 cm³/mol. The van der Waals surface area contributed by atoms with Gasteiger partial charge in [0.05, 0.1) is 18.4 Å². The van der Waals surface area contributed by atoms with Crippen molar-refractivity contribution in [2.75, 3.05) is 19.8 Å². The molecule has 162 valence electrons. The minimum absolute atomic E-state index is 0.0301. The van der Waals surface area contributed by atoms with Gasteiger partial charge in [-0.15, -0.1) is 0 Å². The monoisotopic (exact) mass is 418 g/mol. The van der Waals surface area contributed by atoms with E-state index in [1.54, 1.807) is 6.20 Å². The van der Waals surface area contributed by atoms with E-state index in [9.17, 15) is 0 Å². The van der Waals surface area contributed by atoms with Gasteiger partial charge in [0.2, 0.25) is 0 Å². The maximum atomic E-state index is 6.31. The van der Waals surface area contributed by atoms with Gasteiger partial charge < -0.3 is 19.1 Å². The van der Waals surface area contributed by atoms with Crippen LogP contribution in [0.5, 0.6) is 5.75 Å². The molecule has 31 heavy (non-hydrogen) atoms. The Morgan fingerprint density at radius 1 is 1.19 bits per heavy atom. The van der Waals surface area contributed by atoms with Crippen LogP contribution in [-0.4, -0.2) is 42.0 Å². The predicted octanol–water partition coefficient (Wildman–Crippen LogP) is 4.73. The summed E-state index contributed by atoms with van der Waals surface area (Å²) in [5.41, 5.74) is 6.09. The van der Waals surface area contributed by atoms with Gasteiger partial charge in [0.1, 0.15) is 18.6 Å². The van der Waals surface area contributed by atoms with E-state index in [2.05, 4.69) is 47.2 Å². The molecule has 2 atom stereocenters. The largest absolute Gasteiger partial charge is 0.487 e. The number of allylic oxidation sites excluding steroid dienone is 2. The molecule has 1 aromatic carbocycles. The summed E-state index contributed by atoms with van der Waals surface area (Å²) in [4.78, 5) is 6.73. The lowest BCUT2D eigenvalue weighted by atomic mass is 9.91. The zero-order valence-electron chi connectivity index (χ0n) is 18.1. The first-order valence-corrected chi connectivity index (χ1v) is 11.3. The Hall–Kier alpha value is -2.63. The molecule has 1 fully saturated rings. The Morgan fingerprint density at radius 3 is 3.00 bits per heavy atom. The molecule has 2 unspecified atom stereocenters. The lowest BCUT2D eigenvalue weighted by Crippen LogP contribution is -2.42. The summed E-state index contributed by atoms with van der Waals surface area (Å²) >= 11 is 0. The summed E-state index contributed by atoms with van der Waals surface area (Å²) < 4.78 is 18.2. The molecular formula is C26H30N2O3. The minimum atomic E-state index is -0.0301. The standard InChI is InChI=1S/C26H30N2O3/c1-19-8-11-25(31-18-23-7-3-5-15-29-23)28-14-12-20-16-22(9-10-24(20)26(19)28)30-17-21-6-2-4-13-27-21/h2,4,6,8-11,13,16,23,25H,3,5,7,12,14-15,17-18H2,1H3. The Labute approximate surface area is 184 Å². The van der Waals surface area contributed by atoms with Gasteiger partial charge in [-0.2, -0.15) is 0 Å². The average Bonchev–Trinajstić information content (AvgIpc) is 2.83. The normalized spacial score (nSPS) is 22.8. The van der Waals surface area contributed by atoms with Crippen LogP contribution < -0.4 is 4.74 Å². The highest BCUT2D eigenvalue weighted by atomic mass is 16.5. The molecule has 1 saturated heterocycles. The summed E-state index contributed by atoms with van der Waals surface area (Å²) in [5, 5.41) is 0. The lowest BCUT2D eigenvalue weighted by Gasteiger charge is -2.41. The highest BCUT2D eigenvalue weighted by Gasteiger charge is 2.30. The molecule has 0 spiro atoms. The molecule has 5 rings (SSSR count). The van der Waals surface area contributed by atoms with E-state index in [1.807, 2.05) is 18.2 Å². The fourth-order valence-corrected chi connectivity index (χ4v) is 4.64. The van der Waals surface area contributed by atoms with Crippen LogP contribution in [0.1, 0.15) is 43.0 Å². The van der Waals surface area contributed by atoms with E-state index in [4.69, 9.17) is 14.2 Å². The van der Waals surface area contributed by atoms with Crippen LogP contribution in [0, 0.1) is 0 Å². The van der Waals surface area contributed by atoms with Gasteiger partial charge in [0, 0.05) is 30.6 Å². The summed E-state index contributed by atoms with van der Waals surface area (Å²) in [6, 6.07) is 12.3. The zero-order valence-corrected chi connectivity index (χ0v) is 18.1. The van der Waals surface area contributed by atoms with Crippen LogP contribution in [0.25, 0.3) is 5.70 Å². The summed E-state index contributed by atoms with van der Waals surface area (Å²) in [6.07, 6.45) is 10.8. The van der Waals surface area contributed by atoms with Crippen molar-refractivity contribution >= 4 is 5.70 Å². The number of hydrogen-bond donors (Lipinski definition) is 0. The SMILES string of the molecule is CC1=C2c3ccc(OCc4ccccn4)cc3CCN2C(OCC2CCCCO2)C=C1. The number of fused-ring (bicyclic) bond motifs is 3. The fourth-order valence-electron chi connectivity index (χ4n) is 4.64. The van der Waals surface area contributed by atoms with Gasteiger partial charge in [0.15, 0.2) is 0 Å². The molecule has 0 saturated carbocycles. The molecule has 0 bridgehead atoms. The lowest BCUT2D eigenvalue weighted by molar-refractivity contribution is -0.0803. The smallest absolute Gasteiger partial charge is 0.149 e. The molecular weight excluding hydrogens is 388 g/mol. The number of rotatable bonds is 6. The quantitative estimate of drug-likeness (QED) is 0.678. The van der Waals surface area contributed by atoms with Gasteiger partial charge in [-0.3, -0.25) is 4.98 Å². The first-order chi connectivity index (χ1) is 15.3. The van der Waals surface area contributed by atoms with Gasteiger partial charge in [-0.1, -0.05) is 12.1 Å². The Morgan fingerprint density at radius 2 is 2.16 bits per heavy atom. The van der Waals surface area contributed by atoms with Crippen molar-refractivity contribution in [3.63, 3.8) is 0 Å². The van der Waals surface area contributed by atoms with Crippen molar-refractivity contribution < 1.29 is 14.2 Å². The molecule has 4 heterocycles. The fraction of sp³-hybridized carbons (Fsp3) is 0.423. The maximum Gasteiger partial charge on any atom is 0.149 e. The molecule has 3 aliphatic rings. The Balaban J connectivity index is 1.29. The second kappa shape index (κ2) is 9.25. The number of ether oxygens (including phenoxy) is 3. The van der Waals surface area contributed by atoms with Gasteiger partial charge in [0.25, 0.3) is 0 Å². The van der Waals surface area contributed by atoms with Crippen LogP contribution in [0.2, 0.25) is 0 Å². The van der Waals surface area contributed by atoms with Crippen LogP contribution in [0.4, 0.5) is 0 Å². The number of aromatic nitrogens is 1. The van der Waals surface area contributed by atoms with E-state index in [0.717, 1.165) is 37.4 Å². The number of pyridine rings is 1. The van der Waals surface area contributed by atoms with Crippen molar-refractivity contribution in [3.05, 3.63) is 77.1 Å².